The van der Waals surface area contributed by atoms with Crippen molar-refractivity contribution in [1.82, 2.24) is 28.9 Å². The molecule has 1 atom stereocenters. The minimum Gasteiger partial charge on any atom is -0.449 e. The van der Waals surface area contributed by atoms with E-state index >= 15 is 52.7 Å². The second kappa shape index (κ2) is 21.5. The molecular formula is C68H44F12N6O7. The standard InChI is InChI=1S/C51H27F12N5O4.C17H17NO3/c1-22-4-7-26(16-23(22)2)46(48(52,53)54,49(55,56)57)27-8-11-30-33(19-27)44(71)67-38-17-24(5-14-36(38)64-40(30)67)25-6-15-37-39(18-25)68-41(65-37)31-12-9-28(20-34(31)45(68)72)47(50(58,59)60,51(61,62)63)29-10-13-32-35(21-29)43(70)66(3)42(32)69;1-12-4-8-16(9-5-12)21-17-10-6-15(7-11-17)18(13(2)19)14(3)20/h4-21H,1-3H3;4-10,15H,1-3H3. The number of aromatic nitrogens is 4. The van der Waals surface area contributed by atoms with E-state index in [2.05, 4.69) is 15.7 Å². The van der Waals surface area contributed by atoms with Crippen LogP contribution in [-0.2, 0) is 20.4 Å². The molecule has 0 N–H and O–H groups in total. The topological polar surface area (TPSA) is 154 Å². The van der Waals surface area contributed by atoms with E-state index in [9.17, 15) is 28.8 Å². The Labute approximate surface area is 518 Å². The van der Waals surface area contributed by atoms with Gasteiger partial charge < -0.3 is 4.74 Å². The van der Waals surface area contributed by atoms with Crippen molar-refractivity contribution in [3.63, 3.8) is 0 Å². The van der Waals surface area contributed by atoms with E-state index < -0.39 is 110 Å². The maximum atomic E-state index is 15.3. The Morgan fingerprint density at radius 1 is 0.484 bits per heavy atom. The number of carbonyl (C=O) groups is 6. The third-order valence-corrected chi connectivity index (χ3v) is 17.1. The summed E-state index contributed by atoms with van der Waals surface area (Å²) >= 11 is 0. The molecule has 3 aliphatic heterocycles. The quantitative estimate of drug-likeness (QED) is 0.0821. The van der Waals surface area contributed by atoms with Crippen LogP contribution in [0.15, 0.2) is 163 Å². The lowest BCUT2D eigenvalue weighted by molar-refractivity contribution is -0.290. The molecule has 93 heavy (non-hydrogen) atoms. The van der Waals surface area contributed by atoms with Crippen LogP contribution in [0.3, 0.4) is 0 Å². The van der Waals surface area contributed by atoms with Gasteiger partial charge in [0.25, 0.3) is 23.6 Å². The first-order valence-electron chi connectivity index (χ1n) is 28.1. The van der Waals surface area contributed by atoms with E-state index in [1.54, 1.807) is 30.4 Å². The predicted molar refractivity (Wildman–Crippen MR) is 313 cm³/mol. The molecule has 1 aliphatic carbocycles. The number of amides is 4. The third-order valence-electron chi connectivity index (χ3n) is 17.1. The summed E-state index contributed by atoms with van der Waals surface area (Å²) in [6.07, 6.45) is -19.0. The fourth-order valence-corrected chi connectivity index (χ4v) is 12.4. The molecule has 0 bridgehead atoms. The number of alkyl halides is 12. The van der Waals surface area contributed by atoms with Gasteiger partial charge in [-0.15, -0.1) is 0 Å². The third kappa shape index (κ3) is 9.56. The molecule has 0 radical (unpaired) electrons. The number of carbonyl (C=O) groups excluding carboxylic acids is 6. The highest BCUT2D eigenvalue weighted by molar-refractivity contribution is 6.21. The van der Waals surface area contributed by atoms with Gasteiger partial charge in [-0.05, 0) is 138 Å². The second-order valence-electron chi connectivity index (χ2n) is 22.6. The summed E-state index contributed by atoms with van der Waals surface area (Å²) in [4.78, 5) is 87.2. The van der Waals surface area contributed by atoms with E-state index in [1.807, 2.05) is 31.2 Å². The van der Waals surface area contributed by atoms with Gasteiger partial charge in [0.15, 0.2) is 5.76 Å². The van der Waals surface area contributed by atoms with Gasteiger partial charge in [-0.3, -0.25) is 47.7 Å². The maximum absolute atomic E-state index is 15.3. The number of rotatable bonds is 8. The lowest BCUT2D eigenvalue weighted by Crippen LogP contribution is -2.55. The van der Waals surface area contributed by atoms with Crippen molar-refractivity contribution in [3.8, 4) is 39.7 Å². The van der Waals surface area contributed by atoms with E-state index in [1.165, 1.54) is 56.9 Å². The van der Waals surface area contributed by atoms with Gasteiger partial charge in [0.2, 0.25) is 22.6 Å². The van der Waals surface area contributed by atoms with Crippen molar-refractivity contribution in [2.24, 2.45) is 0 Å². The van der Waals surface area contributed by atoms with Crippen molar-refractivity contribution >= 4 is 57.5 Å². The van der Waals surface area contributed by atoms with Crippen molar-refractivity contribution in [3.05, 3.63) is 224 Å². The number of hydrogen-bond donors (Lipinski definition) is 0. The molecule has 472 valence electrons. The van der Waals surface area contributed by atoms with Crippen LogP contribution in [0.5, 0.6) is 5.75 Å². The molecule has 0 saturated heterocycles. The molecule has 7 aromatic carbocycles. The summed E-state index contributed by atoms with van der Waals surface area (Å²) in [5.74, 6) is -3.56. The van der Waals surface area contributed by atoms with Gasteiger partial charge in [0.05, 0.1) is 50.4 Å². The van der Waals surface area contributed by atoms with Crippen LogP contribution in [0, 0.1) is 20.8 Å². The summed E-state index contributed by atoms with van der Waals surface area (Å²) in [6, 6.07) is 24.7. The molecular weight excluding hydrogens is 1240 g/mol. The zero-order valence-electron chi connectivity index (χ0n) is 49.1. The predicted octanol–water partition coefficient (Wildman–Crippen LogP) is 14.8. The van der Waals surface area contributed by atoms with Crippen molar-refractivity contribution in [2.75, 3.05) is 7.05 Å². The lowest BCUT2D eigenvalue weighted by Gasteiger charge is -2.38. The maximum Gasteiger partial charge on any atom is 0.411 e. The summed E-state index contributed by atoms with van der Waals surface area (Å²) in [5.41, 5.74) is -10.8. The highest BCUT2D eigenvalue weighted by Crippen LogP contribution is 2.59. The molecule has 5 heterocycles. The fraction of sp³-hybridized carbons (Fsp3) is 0.191. The summed E-state index contributed by atoms with van der Waals surface area (Å²) in [6.45, 7) is 7.64. The van der Waals surface area contributed by atoms with Gasteiger partial charge >= 0.3 is 24.7 Å². The number of ether oxygens (including phenoxy) is 1. The average molecular weight is 1290 g/mol. The molecule has 0 saturated carbocycles. The Hall–Kier alpha value is -10.7. The van der Waals surface area contributed by atoms with E-state index in [0.29, 0.717) is 69.8 Å². The fourth-order valence-electron chi connectivity index (χ4n) is 12.4. The van der Waals surface area contributed by atoms with Crippen LogP contribution in [0.4, 0.5) is 52.7 Å². The van der Waals surface area contributed by atoms with Crippen molar-refractivity contribution in [1.29, 1.82) is 0 Å². The van der Waals surface area contributed by atoms with Crippen molar-refractivity contribution in [2.45, 2.75) is 76.2 Å². The first-order chi connectivity index (χ1) is 43.6. The minimum atomic E-state index is -6.12. The molecule has 13 rings (SSSR count). The van der Waals surface area contributed by atoms with Gasteiger partial charge in [-0.25, -0.2) is 9.97 Å². The summed E-state index contributed by atoms with van der Waals surface area (Å²) in [5, 5.41) is 0. The summed E-state index contributed by atoms with van der Waals surface area (Å²) in [7, 11) is 1.02. The van der Waals surface area contributed by atoms with Gasteiger partial charge in [-0.1, -0.05) is 90.2 Å². The van der Waals surface area contributed by atoms with Gasteiger partial charge in [0.1, 0.15) is 17.4 Å². The molecule has 13 nitrogen and oxygen atoms in total. The minimum absolute atomic E-state index is 0.0354. The normalized spacial score (nSPS) is 15.3. The van der Waals surface area contributed by atoms with Crippen LogP contribution in [-0.4, -0.2) is 102 Å². The Kier molecular flexibility index (Phi) is 14.4. The average Bonchev–Trinajstić information content (AvgIpc) is 1.69. The molecule has 2 aromatic heterocycles. The zero-order valence-corrected chi connectivity index (χ0v) is 49.1. The Morgan fingerprint density at radius 3 is 1.30 bits per heavy atom. The van der Waals surface area contributed by atoms with E-state index in [0.717, 1.165) is 57.8 Å². The number of nitrogens with zero attached hydrogens (tertiary/aromatic N) is 6. The van der Waals surface area contributed by atoms with E-state index in [4.69, 9.17) is 4.74 Å². The largest absolute Gasteiger partial charge is 0.449 e. The van der Waals surface area contributed by atoms with Gasteiger partial charge in [-0.2, -0.15) is 52.7 Å². The number of imide groups is 2. The first kappa shape index (κ1) is 62.5. The Bertz CT molecular complexity index is 4850. The molecule has 4 amide bonds. The van der Waals surface area contributed by atoms with E-state index in [-0.39, 0.29) is 62.2 Å². The van der Waals surface area contributed by atoms with Crippen LogP contribution < -0.4 is 4.74 Å². The number of imidazole rings is 2. The van der Waals surface area contributed by atoms with Crippen LogP contribution in [0.2, 0.25) is 0 Å². The second-order valence-corrected chi connectivity index (χ2v) is 22.6. The number of aryl methyl sites for hydroxylation is 3. The summed E-state index contributed by atoms with van der Waals surface area (Å²) < 4.78 is 190. The van der Waals surface area contributed by atoms with Crippen LogP contribution in [0.25, 0.3) is 56.0 Å². The monoisotopic (exact) mass is 1280 g/mol. The molecule has 4 aliphatic rings. The number of fused-ring (bicyclic) bond motifs is 11. The number of halogens is 12. The highest BCUT2D eigenvalue weighted by Gasteiger charge is 2.74. The number of benzene rings is 7. The van der Waals surface area contributed by atoms with Crippen molar-refractivity contribution < 1.29 is 86.2 Å². The Morgan fingerprint density at radius 2 is 0.892 bits per heavy atom. The Balaban J connectivity index is 0.000000337. The smallest absolute Gasteiger partial charge is 0.411 e. The molecule has 9 aromatic rings. The van der Waals surface area contributed by atoms with Crippen LogP contribution in [0.1, 0.15) is 94.2 Å². The first-order valence-corrected chi connectivity index (χ1v) is 28.1. The molecule has 0 fully saturated rings. The highest BCUT2D eigenvalue weighted by atomic mass is 19.4. The zero-order chi connectivity index (χ0) is 67.1. The lowest BCUT2D eigenvalue weighted by atomic mass is 9.71. The molecule has 0 spiro atoms. The van der Waals surface area contributed by atoms with Gasteiger partial charge in [0, 0.05) is 32.0 Å². The number of hydrogen-bond acceptors (Lipinski definition) is 9. The SMILES string of the molecule is CC(=O)N(C(C)=O)C1C=C=C(Oc2ccc(C)cc2)C=C1.Cc1ccc(C(c2ccc3c(c2)C(=O)n2c-3nc3ccc(-c4ccc5nc6n(c5c4)C(=O)c4cc(C(c5ccc7c(c5)C(=O)N(C)C7=O)(C(F)(F)F)C(F)(F)F)ccc4-6)cc32)(C(F)(F)F)C(F)(F)F)cc1C. The molecule has 1 unspecified atom stereocenters. The molecule has 25 heteroatoms. The van der Waals surface area contributed by atoms with Crippen LogP contribution >= 0.6 is 0 Å².